The molecule has 0 bridgehead atoms. The molecule has 0 saturated heterocycles. The quantitative estimate of drug-likeness (QED) is 0.797. The highest BCUT2D eigenvalue weighted by Crippen LogP contribution is 2.46. The first-order chi connectivity index (χ1) is 6.91. The molecule has 0 fully saturated rings. The number of hydrogen-bond donors (Lipinski definition) is 1. The minimum atomic E-state index is -1.00. The Morgan fingerprint density at radius 1 is 1.67 bits per heavy atom. The Labute approximate surface area is 92.2 Å². The molecule has 0 saturated carbocycles. The fraction of sp³-hybridized carbons (Fsp3) is 0.500. The summed E-state index contributed by atoms with van der Waals surface area (Å²) in [6.07, 6.45) is 1.51. The van der Waals surface area contributed by atoms with Crippen LogP contribution in [0.1, 0.15) is 24.4 Å². The molecule has 0 aromatic carbocycles. The van der Waals surface area contributed by atoms with Gasteiger partial charge in [0.2, 0.25) is 5.76 Å². The lowest BCUT2D eigenvalue weighted by molar-refractivity contribution is 0.0657. The summed E-state index contributed by atoms with van der Waals surface area (Å²) in [5.41, 5.74) is 0.872. The number of rotatable bonds is 1. The van der Waals surface area contributed by atoms with E-state index in [-0.39, 0.29) is 10.5 Å². The van der Waals surface area contributed by atoms with E-state index in [0.717, 1.165) is 17.1 Å². The first-order valence-electron chi connectivity index (χ1n) is 4.66. The number of nitrogens with zero attached hydrogens (tertiary/aromatic N) is 1. The van der Waals surface area contributed by atoms with Crippen LogP contribution in [0.2, 0.25) is 0 Å². The van der Waals surface area contributed by atoms with Crippen LogP contribution in [0, 0.1) is 0 Å². The Balaban J connectivity index is 2.49. The van der Waals surface area contributed by atoms with Gasteiger partial charge in [0, 0.05) is 18.3 Å². The molecule has 2 rings (SSSR count). The number of furan rings is 1. The highest BCUT2D eigenvalue weighted by Gasteiger charge is 2.34. The van der Waals surface area contributed by atoms with Gasteiger partial charge < -0.3 is 14.4 Å². The molecule has 4 nitrogen and oxygen atoms in total. The van der Waals surface area contributed by atoms with Crippen molar-refractivity contribution in [3.63, 3.8) is 0 Å². The number of hydrogen-bond acceptors (Lipinski definition) is 4. The van der Waals surface area contributed by atoms with Gasteiger partial charge in [0.15, 0.2) is 0 Å². The number of carboxylic acid groups (broad SMARTS) is 1. The Bertz CT molecular complexity index is 411. The van der Waals surface area contributed by atoms with Gasteiger partial charge >= 0.3 is 5.97 Å². The number of thioether (sulfide) groups is 1. The Kier molecular flexibility index (Phi) is 2.22. The molecule has 1 aromatic heterocycles. The molecule has 82 valence electrons. The smallest absolute Gasteiger partial charge is 0.373 e. The zero-order chi connectivity index (χ0) is 11.2. The van der Waals surface area contributed by atoms with E-state index in [0.29, 0.717) is 0 Å². The first kappa shape index (κ1) is 10.4. The average Bonchev–Trinajstić information content (AvgIpc) is 2.45. The van der Waals surface area contributed by atoms with Gasteiger partial charge in [0.1, 0.15) is 6.26 Å². The topological polar surface area (TPSA) is 53.7 Å². The second-order valence-electron chi connectivity index (χ2n) is 4.30. The Hall–Kier alpha value is -1.10. The zero-order valence-electron chi connectivity index (χ0n) is 8.90. The van der Waals surface area contributed by atoms with Crippen LogP contribution in [-0.4, -0.2) is 29.4 Å². The average molecular weight is 227 g/mol. The summed E-state index contributed by atoms with van der Waals surface area (Å²) < 4.78 is 5.09. The Morgan fingerprint density at radius 2 is 2.33 bits per heavy atom. The van der Waals surface area contributed by atoms with Crippen LogP contribution >= 0.6 is 11.8 Å². The lowest BCUT2D eigenvalue weighted by Gasteiger charge is -2.35. The molecule has 15 heavy (non-hydrogen) atoms. The molecular weight excluding hydrogens is 214 g/mol. The zero-order valence-corrected chi connectivity index (χ0v) is 9.72. The number of carboxylic acids is 1. The molecule has 0 spiro atoms. The summed E-state index contributed by atoms with van der Waals surface area (Å²) in [5.74, 6) is -0.954. The van der Waals surface area contributed by atoms with Crippen LogP contribution in [0.25, 0.3) is 0 Å². The van der Waals surface area contributed by atoms with Crippen LogP contribution in [0.4, 0.5) is 5.69 Å². The fourth-order valence-electron chi connectivity index (χ4n) is 1.81. The molecule has 1 aromatic rings. The third-order valence-corrected chi connectivity index (χ3v) is 3.61. The number of carbonyl (C=O) groups is 1. The maximum Gasteiger partial charge on any atom is 0.373 e. The second-order valence-corrected chi connectivity index (χ2v) is 6.02. The molecule has 0 atom stereocenters. The molecular formula is C10H13NO3S. The number of aromatic carboxylic acids is 1. The maximum atomic E-state index is 10.9. The summed E-state index contributed by atoms with van der Waals surface area (Å²) in [6, 6.07) is 0. The Morgan fingerprint density at radius 3 is 2.93 bits per heavy atom. The van der Waals surface area contributed by atoms with Gasteiger partial charge in [0.05, 0.1) is 10.6 Å². The summed E-state index contributed by atoms with van der Waals surface area (Å²) in [7, 11) is 1.95. The minimum absolute atomic E-state index is 0.00975. The lowest BCUT2D eigenvalue weighted by Crippen LogP contribution is -2.37. The molecule has 2 heterocycles. The predicted molar refractivity (Wildman–Crippen MR) is 58.9 cm³/mol. The predicted octanol–water partition coefficient (Wildman–Crippen LogP) is 2.30. The molecule has 0 radical (unpaired) electrons. The van der Waals surface area contributed by atoms with Gasteiger partial charge in [-0.05, 0) is 13.8 Å². The number of anilines is 1. The van der Waals surface area contributed by atoms with Crippen molar-refractivity contribution < 1.29 is 14.3 Å². The van der Waals surface area contributed by atoms with Crippen LogP contribution in [0.15, 0.2) is 15.6 Å². The van der Waals surface area contributed by atoms with Crippen LogP contribution < -0.4 is 4.90 Å². The summed E-state index contributed by atoms with van der Waals surface area (Å²) in [5, 5.41) is 8.96. The minimum Gasteiger partial charge on any atom is -0.475 e. The standard InChI is InChI=1S/C10H13NO3S/c1-10(2)5-11(3)6-4-14-7(9(12)13)8(6)15-10/h4H,5H2,1-3H3,(H,12,13). The van der Waals surface area contributed by atoms with Crippen molar-refractivity contribution >= 4 is 23.4 Å². The van der Waals surface area contributed by atoms with E-state index >= 15 is 0 Å². The molecule has 0 unspecified atom stereocenters. The molecule has 0 aliphatic carbocycles. The van der Waals surface area contributed by atoms with Crippen molar-refractivity contribution in [1.82, 2.24) is 0 Å². The lowest BCUT2D eigenvalue weighted by atomic mass is 10.2. The van der Waals surface area contributed by atoms with Crippen LogP contribution in [-0.2, 0) is 0 Å². The van der Waals surface area contributed by atoms with Crippen molar-refractivity contribution in [2.24, 2.45) is 0 Å². The van der Waals surface area contributed by atoms with Gasteiger partial charge in [-0.15, -0.1) is 11.8 Å². The normalized spacial score (nSPS) is 18.7. The third-order valence-electron chi connectivity index (χ3n) is 2.33. The van der Waals surface area contributed by atoms with Crippen molar-refractivity contribution in [2.75, 3.05) is 18.5 Å². The van der Waals surface area contributed by atoms with E-state index in [9.17, 15) is 4.79 Å². The summed E-state index contributed by atoms with van der Waals surface area (Å²) in [6.45, 7) is 5.06. The van der Waals surface area contributed by atoms with Crippen LogP contribution in [0.3, 0.4) is 0 Å². The van der Waals surface area contributed by atoms with E-state index in [2.05, 4.69) is 13.8 Å². The molecule has 5 heteroatoms. The monoisotopic (exact) mass is 227 g/mol. The largest absolute Gasteiger partial charge is 0.475 e. The van der Waals surface area contributed by atoms with Crippen LogP contribution in [0.5, 0.6) is 0 Å². The van der Waals surface area contributed by atoms with Crippen molar-refractivity contribution in [1.29, 1.82) is 0 Å². The third kappa shape index (κ3) is 1.71. The van der Waals surface area contributed by atoms with E-state index in [1.54, 1.807) is 11.8 Å². The molecule has 1 aliphatic heterocycles. The highest BCUT2D eigenvalue weighted by atomic mass is 32.2. The van der Waals surface area contributed by atoms with Crippen molar-refractivity contribution in [2.45, 2.75) is 23.5 Å². The molecule has 1 aliphatic rings. The van der Waals surface area contributed by atoms with E-state index in [1.165, 1.54) is 6.26 Å². The number of fused-ring (bicyclic) bond motifs is 1. The maximum absolute atomic E-state index is 10.9. The van der Waals surface area contributed by atoms with Crippen molar-refractivity contribution in [3.05, 3.63) is 12.0 Å². The van der Waals surface area contributed by atoms with E-state index in [4.69, 9.17) is 9.52 Å². The second kappa shape index (κ2) is 3.20. The summed E-state index contributed by atoms with van der Waals surface area (Å²) >= 11 is 1.56. The SMILES string of the molecule is CN1CC(C)(C)Sc2c1coc2C(=O)O. The summed E-state index contributed by atoms with van der Waals surface area (Å²) in [4.78, 5) is 13.7. The van der Waals surface area contributed by atoms with Crippen molar-refractivity contribution in [3.8, 4) is 0 Å². The van der Waals surface area contributed by atoms with Gasteiger partial charge in [-0.25, -0.2) is 4.79 Å². The van der Waals surface area contributed by atoms with E-state index in [1.807, 2.05) is 11.9 Å². The van der Waals surface area contributed by atoms with Gasteiger partial charge in [-0.1, -0.05) is 0 Å². The fourth-order valence-corrected chi connectivity index (χ4v) is 3.16. The molecule has 0 amide bonds. The highest BCUT2D eigenvalue weighted by molar-refractivity contribution is 8.01. The first-order valence-corrected chi connectivity index (χ1v) is 5.47. The van der Waals surface area contributed by atoms with Gasteiger partial charge in [0.25, 0.3) is 0 Å². The van der Waals surface area contributed by atoms with Gasteiger partial charge in [-0.3, -0.25) is 0 Å². The van der Waals surface area contributed by atoms with Gasteiger partial charge in [-0.2, -0.15) is 0 Å². The molecule has 1 N–H and O–H groups in total. The van der Waals surface area contributed by atoms with E-state index < -0.39 is 5.97 Å².